The molecular formula is C25H32N2O2. The van der Waals surface area contributed by atoms with Crippen LogP contribution in [0.25, 0.3) is 0 Å². The largest absolute Gasteiger partial charge is 0.346 e. The first kappa shape index (κ1) is 21.1. The highest BCUT2D eigenvalue weighted by Gasteiger charge is 2.33. The van der Waals surface area contributed by atoms with Crippen LogP contribution in [0.15, 0.2) is 60.7 Å². The maximum atomic E-state index is 13.5. The molecule has 4 heteroatoms. The molecule has 1 fully saturated rings. The van der Waals surface area contributed by atoms with Gasteiger partial charge < -0.3 is 9.80 Å². The number of benzene rings is 2. The Balaban J connectivity index is 1.68. The number of rotatable bonds is 7. The van der Waals surface area contributed by atoms with Gasteiger partial charge in [0.1, 0.15) is 0 Å². The van der Waals surface area contributed by atoms with E-state index in [1.54, 1.807) is 0 Å². The summed E-state index contributed by atoms with van der Waals surface area (Å²) in [7, 11) is 1.90. The van der Waals surface area contributed by atoms with Crippen LogP contribution < -0.4 is 0 Å². The van der Waals surface area contributed by atoms with Crippen LogP contribution in [0.5, 0.6) is 0 Å². The average molecular weight is 393 g/mol. The first-order valence-corrected chi connectivity index (χ1v) is 10.8. The molecule has 0 N–H and O–H groups in total. The van der Waals surface area contributed by atoms with E-state index in [1.807, 2.05) is 77.5 Å². The van der Waals surface area contributed by atoms with Crippen molar-refractivity contribution >= 4 is 11.8 Å². The predicted octanol–water partition coefficient (Wildman–Crippen LogP) is 4.32. The topological polar surface area (TPSA) is 40.6 Å². The van der Waals surface area contributed by atoms with E-state index >= 15 is 0 Å². The molecule has 154 valence electrons. The van der Waals surface area contributed by atoms with E-state index in [4.69, 9.17) is 0 Å². The number of hydrogen-bond donors (Lipinski definition) is 0. The summed E-state index contributed by atoms with van der Waals surface area (Å²) >= 11 is 0. The minimum atomic E-state index is -0.295. The highest BCUT2D eigenvalue weighted by Crippen LogP contribution is 2.29. The molecule has 0 spiro atoms. The molecule has 4 nitrogen and oxygen atoms in total. The minimum Gasteiger partial charge on any atom is -0.346 e. The molecule has 2 amide bonds. The summed E-state index contributed by atoms with van der Waals surface area (Å²) in [6, 6.07) is 20.0. The summed E-state index contributed by atoms with van der Waals surface area (Å²) in [4.78, 5) is 30.0. The van der Waals surface area contributed by atoms with E-state index in [0.29, 0.717) is 13.1 Å². The Morgan fingerprint density at radius 3 is 1.97 bits per heavy atom. The van der Waals surface area contributed by atoms with Crippen molar-refractivity contribution < 1.29 is 9.59 Å². The fourth-order valence-electron chi connectivity index (χ4n) is 4.12. The van der Waals surface area contributed by atoms with Crippen LogP contribution in [0.4, 0.5) is 0 Å². The van der Waals surface area contributed by atoms with Crippen molar-refractivity contribution in [2.75, 3.05) is 26.7 Å². The van der Waals surface area contributed by atoms with Gasteiger partial charge >= 0.3 is 0 Å². The molecule has 0 aliphatic carbocycles. The Morgan fingerprint density at radius 1 is 0.966 bits per heavy atom. The van der Waals surface area contributed by atoms with Gasteiger partial charge in [-0.25, -0.2) is 0 Å². The monoisotopic (exact) mass is 392 g/mol. The van der Waals surface area contributed by atoms with Crippen molar-refractivity contribution in [2.45, 2.75) is 38.5 Å². The summed E-state index contributed by atoms with van der Waals surface area (Å²) in [6.07, 6.45) is 3.62. The molecule has 1 saturated heterocycles. The lowest BCUT2D eigenvalue weighted by Gasteiger charge is -2.35. The SMILES string of the molecule is CCCCN(C)C(=O)C1CCN(C(=O)C(c2ccccc2)c2ccccc2)CC1. The third-order valence-electron chi connectivity index (χ3n) is 5.89. The number of carbonyl (C=O) groups excluding carboxylic acids is 2. The number of carbonyl (C=O) groups is 2. The second-order valence-electron chi connectivity index (χ2n) is 7.97. The van der Waals surface area contributed by atoms with E-state index < -0.39 is 0 Å². The van der Waals surface area contributed by atoms with Gasteiger partial charge in [-0.3, -0.25) is 9.59 Å². The number of nitrogens with zero attached hydrogens (tertiary/aromatic N) is 2. The zero-order valence-corrected chi connectivity index (χ0v) is 17.6. The first-order chi connectivity index (χ1) is 14.1. The number of likely N-dealkylation sites (tertiary alicyclic amines) is 1. The summed E-state index contributed by atoms with van der Waals surface area (Å²) in [5, 5.41) is 0. The Kier molecular flexibility index (Phi) is 7.45. The third kappa shape index (κ3) is 5.26. The molecule has 1 heterocycles. The summed E-state index contributed by atoms with van der Waals surface area (Å²) in [6.45, 7) is 4.25. The lowest BCUT2D eigenvalue weighted by molar-refractivity contribution is -0.140. The molecular weight excluding hydrogens is 360 g/mol. The molecule has 1 aliphatic rings. The van der Waals surface area contributed by atoms with Gasteiger partial charge in [0.2, 0.25) is 11.8 Å². The summed E-state index contributed by atoms with van der Waals surface area (Å²) in [5.41, 5.74) is 2.03. The van der Waals surface area contributed by atoms with Crippen LogP contribution in [-0.4, -0.2) is 48.3 Å². The van der Waals surface area contributed by atoms with Crippen LogP contribution in [0.2, 0.25) is 0 Å². The highest BCUT2D eigenvalue weighted by atomic mass is 16.2. The third-order valence-corrected chi connectivity index (χ3v) is 5.89. The number of unbranched alkanes of at least 4 members (excludes halogenated alkanes) is 1. The fourth-order valence-corrected chi connectivity index (χ4v) is 4.12. The highest BCUT2D eigenvalue weighted by molar-refractivity contribution is 5.87. The molecule has 2 aromatic rings. The van der Waals surface area contributed by atoms with Gasteiger partial charge in [0.25, 0.3) is 0 Å². The van der Waals surface area contributed by atoms with Crippen LogP contribution in [0.1, 0.15) is 49.7 Å². The number of hydrogen-bond acceptors (Lipinski definition) is 2. The Labute approximate surface area is 174 Å². The van der Waals surface area contributed by atoms with Gasteiger partial charge in [-0.1, -0.05) is 74.0 Å². The Hall–Kier alpha value is -2.62. The maximum absolute atomic E-state index is 13.5. The van der Waals surface area contributed by atoms with Crippen molar-refractivity contribution in [2.24, 2.45) is 5.92 Å². The zero-order valence-electron chi connectivity index (χ0n) is 17.6. The van der Waals surface area contributed by atoms with E-state index in [1.165, 1.54) is 0 Å². The normalized spacial score (nSPS) is 14.8. The Morgan fingerprint density at radius 2 is 1.48 bits per heavy atom. The fraction of sp³-hybridized carbons (Fsp3) is 0.440. The molecule has 0 atom stereocenters. The van der Waals surface area contributed by atoms with Gasteiger partial charge in [0.05, 0.1) is 5.92 Å². The molecule has 0 unspecified atom stereocenters. The van der Waals surface area contributed by atoms with E-state index in [9.17, 15) is 9.59 Å². The van der Waals surface area contributed by atoms with Crippen molar-refractivity contribution in [1.82, 2.24) is 9.80 Å². The lowest BCUT2D eigenvalue weighted by atomic mass is 9.88. The molecule has 2 aromatic carbocycles. The van der Waals surface area contributed by atoms with E-state index in [0.717, 1.165) is 43.4 Å². The van der Waals surface area contributed by atoms with Crippen LogP contribution in [0, 0.1) is 5.92 Å². The molecule has 0 aromatic heterocycles. The molecule has 0 saturated carbocycles. The molecule has 29 heavy (non-hydrogen) atoms. The summed E-state index contributed by atoms with van der Waals surface area (Å²) in [5.74, 6) is 0.102. The molecule has 1 aliphatic heterocycles. The standard InChI is InChI=1S/C25H32N2O2/c1-3-4-17-26(2)24(28)22-15-18-27(19-16-22)25(29)23(20-11-7-5-8-12-20)21-13-9-6-10-14-21/h5-14,22-23H,3-4,15-19H2,1-2H3. The second-order valence-corrected chi connectivity index (χ2v) is 7.97. The van der Waals surface area contributed by atoms with Crippen LogP contribution in [0.3, 0.4) is 0 Å². The van der Waals surface area contributed by atoms with Gasteiger partial charge in [-0.15, -0.1) is 0 Å². The number of amides is 2. The van der Waals surface area contributed by atoms with Gasteiger partial charge in [-0.05, 0) is 30.4 Å². The van der Waals surface area contributed by atoms with Crippen LogP contribution in [-0.2, 0) is 9.59 Å². The van der Waals surface area contributed by atoms with Crippen molar-refractivity contribution in [3.05, 3.63) is 71.8 Å². The zero-order chi connectivity index (χ0) is 20.6. The summed E-state index contributed by atoms with van der Waals surface area (Å²) < 4.78 is 0. The van der Waals surface area contributed by atoms with Crippen LogP contribution >= 0.6 is 0 Å². The van der Waals surface area contributed by atoms with Gasteiger partial charge in [0.15, 0.2) is 0 Å². The van der Waals surface area contributed by atoms with Crippen molar-refractivity contribution in [3.8, 4) is 0 Å². The smallest absolute Gasteiger partial charge is 0.234 e. The molecule has 3 rings (SSSR count). The Bertz CT molecular complexity index is 743. The second kappa shape index (κ2) is 10.2. The molecule has 0 radical (unpaired) electrons. The average Bonchev–Trinajstić information content (AvgIpc) is 2.78. The van der Waals surface area contributed by atoms with Crippen molar-refractivity contribution in [3.63, 3.8) is 0 Å². The lowest BCUT2D eigenvalue weighted by Crippen LogP contribution is -2.45. The minimum absolute atomic E-state index is 0.0350. The predicted molar refractivity (Wildman–Crippen MR) is 117 cm³/mol. The van der Waals surface area contributed by atoms with Gasteiger partial charge in [0, 0.05) is 32.6 Å². The van der Waals surface area contributed by atoms with E-state index in [2.05, 4.69) is 6.92 Å². The maximum Gasteiger partial charge on any atom is 0.234 e. The van der Waals surface area contributed by atoms with Crippen molar-refractivity contribution in [1.29, 1.82) is 0 Å². The molecule has 0 bridgehead atoms. The quantitative estimate of drug-likeness (QED) is 0.704. The van der Waals surface area contributed by atoms with Gasteiger partial charge in [-0.2, -0.15) is 0 Å². The van der Waals surface area contributed by atoms with E-state index in [-0.39, 0.29) is 23.7 Å². The number of piperidine rings is 1. The first-order valence-electron chi connectivity index (χ1n) is 10.8.